The lowest BCUT2D eigenvalue weighted by Gasteiger charge is -2.16. The molecule has 0 aliphatic rings. The van der Waals surface area contributed by atoms with Crippen LogP contribution in [0.1, 0.15) is 41.0 Å². The number of carbonyl (C=O) groups is 2. The van der Waals surface area contributed by atoms with Gasteiger partial charge in [-0.2, -0.15) is 0 Å². The fourth-order valence-electron chi connectivity index (χ4n) is 1.49. The Morgan fingerprint density at radius 2 is 1.95 bits per heavy atom. The first-order valence-corrected chi connectivity index (χ1v) is 6.12. The minimum atomic E-state index is -1.14. The predicted octanol–water partition coefficient (Wildman–Crippen LogP) is 2.41. The maximum atomic E-state index is 11.9. The van der Waals surface area contributed by atoms with Crippen LogP contribution >= 0.6 is 0 Å². The van der Waals surface area contributed by atoms with Gasteiger partial charge in [-0.3, -0.25) is 0 Å². The Labute approximate surface area is 112 Å². The lowest BCUT2D eigenvalue weighted by atomic mass is 10.1. The van der Waals surface area contributed by atoms with Crippen molar-refractivity contribution in [3.63, 3.8) is 0 Å². The van der Waals surface area contributed by atoms with Gasteiger partial charge >= 0.3 is 11.9 Å². The van der Waals surface area contributed by atoms with Crippen LogP contribution < -0.4 is 4.90 Å². The highest BCUT2D eigenvalue weighted by Crippen LogP contribution is 2.19. The molecule has 0 aliphatic heterocycles. The first-order valence-electron chi connectivity index (χ1n) is 6.12. The van der Waals surface area contributed by atoms with Crippen molar-refractivity contribution in [2.75, 3.05) is 19.0 Å². The molecule has 1 aromatic carbocycles. The van der Waals surface area contributed by atoms with E-state index in [1.54, 1.807) is 32.0 Å². The van der Waals surface area contributed by atoms with E-state index >= 15 is 0 Å². The number of benzene rings is 1. The van der Waals surface area contributed by atoms with Gasteiger partial charge in [0.1, 0.15) is 0 Å². The molecule has 1 N–H and O–H groups in total. The van der Waals surface area contributed by atoms with Crippen LogP contribution in [-0.4, -0.2) is 37.2 Å². The number of nitrogens with zero attached hydrogens (tertiary/aromatic N) is 1. The molecule has 1 rings (SSSR count). The van der Waals surface area contributed by atoms with Gasteiger partial charge in [-0.25, -0.2) is 9.59 Å². The van der Waals surface area contributed by atoms with Gasteiger partial charge in [0.25, 0.3) is 0 Å². The van der Waals surface area contributed by atoms with E-state index in [0.717, 1.165) is 5.69 Å². The molecule has 1 aromatic rings. The number of anilines is 1. The lowest BCUT2D eigenvalue weighted by molar-refractivity contribution is 0.0328. The van der Waals surface area contributed by atoms with E-state index < -0.39 is 11.9 Å². The lowest BCUT2D eigenvalue weighted by Crippen LogP contribution is -2.18. The molecule has 0 radical (unpaired) electrons. The molecule has 0 aliphatic carbocycles. The van der Waals surface area contributed by atoms with Crippen molar-refractivity contribution >= 4 is 17.6 Å². The molecule has 0 spiro atoms. The van der Waals surface area contributed by atoms with Crippen molar-refractivity contribution in [1.82, 2.24) is 0 Å². The Morgan fingerprint density at radius 3 is 2.42 bits per heavy atom. The highest BCUT2D eigenvalue weighted by molar-refractivity contribution is 6.03. The molecule has 0 saturated carbocycles. The second-order valence-electron chi connectivity index (χ2n) is 4.55. The zero-order chi connectivity index (χ0) is 14.6. The molecule has 1 unspecified atom stereocenters. The predicted molar refractivity (Wildman–Crippen MR) is 72.9 cm³/mol. The van der Waals surface area contributed by atoms with E-state index in [-0.39, 0.29) is 17.2 Å². The van der Waals surface area contributed by atoms with Crippen LogP contribution in [0.3, 0.4) is 0 Å². The average molecular weight is 265 g/mol. The van der Waals surface area contributed by atoms with E-state index in [1.165, 1.54) is 12.1 Å². The van der Waals surface area contributed by atoms with Crippen LogP contribution in [0.5, 0.6) is 0 Å². The number of esters is 1. The fourth-order valence-corrected chi connectivity index (χ4v) is 1.49. The first-order chi connectivity index (χ1) is 8.86. The summed E-state index contributed by atoms with van der Waals surface area (Å²) in [7, 11) is 3.61. The Kier molecular flexibility index (Phi) is 4.92. The third-order valence-corrected chi connectivity index (χ3v) is 2.85. The normalized spacial score (nSPS) is 11.8. The van der Waals surface area contributed by atoms with Crippen molar-refractivity contribution in [2.24, 2.45) is 0 Å². The van der Waals surface area contributed by atoms with E-state index in [9.17, 15) is 14.7 Å². The SMILES string of the molecule is CCC(C)OC(=O)c1ccc(N(C)C)cc1C(=O)O. The number of rotatable bonds is 5. The Balaban J connectivity index is 3.13. The second kappa shape index (κ2) is 6.22. The molecule has 104 valence electrons. The van der Waals surface area contributed by atoms with Crippen molar-refractivity contribution in [2.45, 2.75) is 26.4 Å². The van der Waals surface area contributed by atoms with Crippen LogP contribution in [0.2, 0.25) is 0 Å². The van der Waals surface area contributed by atoms with E-state index in [1.807, 2.05) is 6.92 Å². The van der Waals surface area contributed by atoms with Crippen molar-refractivity contribution in [3.05, 3.63) is 29.3 Å². The summed E-state index contributed by atoms with van der Waals surface area (Å²) in [5, 5.41) is 9.19. The number of ether oxygens (including phenoxy) is 1. The zero-order valence-electron chi connectivity index (χ0n) is 11.6. The highest BCUT2D eigenvalue weighted by atomic mass is 16.5. The summed E-state index contributed by atoms with van der Waals surface area (Å²) in [6, 6.07) is 4.65. The molecule has 0 heterocycles. The number of aromatic carboxylic acids is 1. The minimum absolute atomic E-state index is 0.0421. The zero-order valence-corrected chi connectivity index (χ0v) is 11.6. The first kappa shape index (κ1) is 15.0. The largest absolute Gasteiger partial charge is 0.478 e. The summed E-state index contributed by atoms with van der Waals surface area (Å²) in [6.45, 7) is 3.66. The Morgan fingerprint density at radius 1 is 1.32 bits per heavy atom. The summed E-state index contributed by atoms with van der Waals surface area (Å²) in [5.41, 5.74) is 0.760. The fraction of sp³-hybridized carbons (Fsp3) is 0.429. The van der Waals surface area contributed by atoms with Crippen LogP contribution in [-0.2, 0) is 4.74 Å². The summed E-state index contributed by atoms with van der Waals surface area (Å²) >= 11 is 0. The van der Waals surface area contributed by atoms with E-state index in [4.69, 9.17) is 4.74 Å². The molecule has 1 atom stereocenters. The van der Waals surface area contributed by atoms with Gasteiger partial charge in [0.15, 0.2) is 0 Å². The summed E-state index contributed by atoms with van der Waals surface area (Å²) < 4.78 is 5.16. The Bertz CT molecular complexity index is 482. The topological polar surface area (TPSA) is 66.8 Å². The number of hydrogen-bond acceptors (Lipinski definition) is 4. The molecule has 0 fully saturated rings. The molecular formula is C14H19NO4. The molecule has 5 heteroatoms. The number of carbonyl (C=O) groups excluding carboxylic acids is 1. The third kappa shape index (κ3) is 3.71. The molecule has 19 heavy (non-hydrogen) atoms. The Hall–Kier alpha value is -2.04. The number of carboxylic acid groups (broad SMARTS) is 1. The smallest absolute Gasteiger partial charge is 0.339 e. The standard InChI is InChI=1S/C14H19NO4/c1-5-9(2)19-14(18)11-7-6-10(15(3)4)8-12(11)13(16)17/h6-9H,5H2,1-4H3,(H,16,17). The molecule has 0 aromatic heterocycles. The molecule has 0 saturated heterocycles. The van der Waals surface area contributed by atoms with Crippen molar-refractivity contribution < 1.29 is 19.4 Å². The number of carboxylic acids is 1. The number of hydrogen-bond donors (Lipinski definition) is 1. The van der Waals surface area contributed by atoms with Gasteiger partial charge in [0.2, 0.25) is 0 Å². The maximum Gasteiger partial charge on any atom is 0.339 e. The molecule has 5 nitrogen and oxygen atoms in total. The van der Waals surface area contributed by atoms with Crippen molar-refractivity contribution in [3.8, 4) is 0 Å². The van der Waals surface area contributed by atoms with Gasteiger partial charge in [0.05, 0.1) is 17.2 Å². The minimum Gasteiger partial charge on any atom is -0.478 e. The average Bonchev–Trinajstić information content (AvgIpc) is 2.37. The van der Waals surface area contributed by atoms with Crippen LogP contribution in [0.15, 0.2) is 18.2 Å². The van der Waals surface area contributed by atoms with E-state index in [2.05, 4.69) is 0 Å². The van der Waals surface area contributed by atoms with Gasteiger partial charge in [0, 0.05) is 19.8 Å². The third-order valence-electron chi connectivity index (χ3n) is 2.85. The van der Waals surface area contributed by atoms with Gasteiger partial charge in [-0.05, 0) is 31.5 Å². The van der Waals surface area contributed by atoms with Crippen LogP contribution in [0, 0.1) is 0 Å². The highest BCUT2D eigenvalue weighted by Gasteiger charge is 2.20. The summed E-state index contributed by atoms with van der Waals surface area (Å²) in [5.74, 6) is -1.74. The maximum absolute atomic E-state index is 11.9. The van der Waals surface area contributed by atoms with Gasteiger partial charge in [-0.1, -0.05) is 6.92 Å². The van der Waals surface area contributed by atoms with Crippen LogP contribution in [0.4, 0.5) is 5.69 Å². The van der Waals surface area contributed by atoms with Gasteiger partial charge < -0.3 is 14.7 Å². The summed E-state index contributed by atoms with van der Waals surface area (Å²) in [4.78, 5) is 24.9. The molecular weight excluding hydrogens is 246 g/mol. The summed E-state index contributed by atoms with van der Waals surface area (Å²) in [6.07, 6.45) is 0.451. The van der Waals surface area contributed by atoms with Gasteiger partial charge in [-0.15, -0.1) is 0 Å². The molecule has 0 amide bonds. The molecule has 0 bridgehead atoms. The van der Waals surface area contributed by atoms with Crippen molar-refractivity contribution in [1.29, 1.82) is 0 Å². The quantitative estimate of drug-likeness (QED) is 0.828. The van der Waals surface area contributed by atoms with Crippen LogP contribution in [0.25, 0.3) is 0 Å². The monoisotopic (exact) mass is 265 g/mol. The van der Waals surface area contributed by atoms with E-state index in [0.29, 0.717) is 6.42 Å². The second-order valence-corrected chi connectivity index (χ2v) is 4.55.